The molecule has 4 heteroatoms. The Morgan fingerprint density at radius 3 is 2.04 bits per heavy atom. The normalized spacial score (nSPS) is 11.2. The van der Waals surface area contributed by atoms with Crippen LogP contribution in [0.3, 0.4) is 0 Å². The number of rotatable bonds is 3. The molecular formula is C19H19FO3. The number of carbonyl (C=O) groups is 2. The molecule has 0 saturated carbocycles. The maximum atomic E-state index is 13.6. The van der Waals surface area contributed by atoms with Crippen LogP contribution < -0.4 is 0 Å². The van der Waals surface area contributed by atoms with Crippen molar-refractivity contribution in [2.24, 2.45) is 0 Å². The molecule has 0 heterocycles. The zero-order valence-corrected chi connectivity index (χ0v) is 13.6. The maximum absolute atomic E-state index is 13.6. The summed E-state index contributed by atoms with van der Waals surface area (Å²) in [7, 11) is 0. The highest BCUT2D eigenvalue weighted by Crippen LogP contribution is 2.23. The van der Waals surface area contributed by atoms with E-state index in [1.165, 1.54) is 19.1 Å². The first-order valence-electron chi connectivity index (χ1n) is 7.31. The van der Waals surface area contributed by atoms with Gasteiger partial charge in [0.2, 0.25) is 0 Å². The number of hydrogen-bond donors (Lipinski definition) is 0. The SMILES string of the molecule is CC(=O)c1cc(F)cc(-c2ccc(C(=O)OC(C)(C)C)cc2)c1. The van der Waals surface area contributed by atoms with E-state index in [2.05, 4.69) is 0 Å². The summed E-state index contributed by atoms with van der Waals surface area (Å²) >= 11 is 0. The molecule has 0 aliphatic carbocycles. The lowest BCUT2D eigenvalue weighted by Crippen LogP contribution is -2.23. The fourth-order valence-corrected chi connectivity index (χ4v) is 2.10. The van der Waals surface area contributed by atoms with Crippen molar-refractivity contribution < 1.29 is 18.7 Å². The summed E-state index contributed by atoms with van der Waals surface area (Å²) in [6, 6.07) is 10.9. The summed E-state index contributed by atoms with van der Waals surface area (Å²) in [6.07, 6.45) is 0. The molecule has 2 aromatic rings. The zero-order chi connectivity index (χ0) is 17.2. The number of carbonyl (C=O) groups excluding carboxylic acids is 2. The second-order valence-corrected chi connectivity index (χ2v) is 6.36. The van der Waals surface area contributed by atoms with E-state index in [1.54, 1.807) is 51.1 Å². The van der Waals surface area contributed by atoms with Gasteiger partial charge in [-0.15, -0.1) is 0 Å². The van der Waals surface area contributed by atoms with Crippen LogP contribution in [0.2, 0.25) is 0 Å². The predicted molar refractivity (Wildman–Crippen MR) is 87.0 cm³/mol. The van der Waals surface area contributed by atoms with Crippen molar-refractivity contribution in [1.29, 1.82) is 0 Å². The van der Waals surface area contributed by atoms with Crippen LogP contribution in [0, 0.1) is 5.82 Å². The topological polar surface area (TPSA) is 43.4 Å². The molecule has 0 fully saturated rings. The summed E-state index contributed by atoms with van der Waals surface area (Å²) in [6.45, 7) is 6.80. The van der Waals surface area contributed by atoms with Crippen LogP contribution in [-0.2, 0) is 4.74 Å². The van der Waals surface area contributed by atoms with Gasteiger partial charge in [0.05, 0.1) is 5.56 Å². The molecule has 120 valence electrons. The van der Waals surface area contributed by atoms with E-state index in [9.17, 15) is 14.0 Å². The van der Waals surface area contributed by atoms with Gasteiger partial charge in [0, 0.05) is 5.56 Å². The second kappa shape index (κ2) is 6.32. The number of ketones is 1. The first-order chi connectivity index (χ1) is 10.7. The molecule has 0 radical (unpaired) electrons. The largest absolute Gasteiger partial charge is 0.456 e. The number of Topliss-reactive ketones (excluding diaryl/α,β-unsaturated/α-hetero) is 1. The third-order valence-corrected chi connectivity index (χ3v) is 3.16. The van der Waals surface area contributed by atoms with Crippen molar-refractivity contribution >= 4 is 11.8 Å². The van der Waals surface area contributed by atoms with E-state index < -0.39 is 17.4 Å². The summed E-state index contributed by atoms with van der Waals surface area (Å²) in [4.78, 5) is 23.4. The van der Waals surface area contributed by atoms with Crippen molar-refractivity contribution in [1.82, 2.24) is 0 Å². The van der Waals surface area contributed by atoms with Gasteiger partial charge >= 0.3 is 5.97 Å². The fourth-order valence-electron chi connectivity index (χ4n) is 2.10. The number of halogens is 1. The standard InChI is InChI=1S/C19H19FO3/c1-12(21)15-9-16(11-17(20)10-15)13-5-7-14(8-6-13)18(22)23-19(2,3)4/h5-11H,1-4H3. The monoisotopic (exact) mass is 314 g/mol. The molecule has 0 saturated heterocycles. The van der Waals surface area contributed by atoms with Crippen molar-refractivity contribution in [3.8, 4) is 11.1 Å². The summed E-state index contributed by atoms with van der Waals surface area (Å²) in [5.74, 6) is -1.08. The number of ether oxygens (including phenoxy) is 1. The molecule has 2 aromatic carbocycles. The van der Waals surface area contributed by atoms with Gasteiger partial charge in [-0.3, -0.25) is 4.79 Å². The van der Waals surface area contributed by atoms with Crippen LogP contribution in [0.25, 0.3) is 11.1 Å². The van der Waals surface area contributed by atoms with Crippen molar-refractivity contribution in [2.45, 2.75) is 33.3 Å². The highest BCUT2D eigenvalue weighted by Gasteiger charge is 2.17. The Hall–Kier alpha value is -2.49. The number of benzene rings is 2. The van der Waals surface area contributed by atoms with Gasteiger partial charge in [0.25, 0.3) is 0 Å². The minimum Gasteiger partial charge on any atom is -0.456 e. The molecule has 0 unspecified atom stereocenters. The lowest BCUT2D eigenvalue weighted by atomic mass is 10.00. The van der Waals surface area contributed by atoms with Crippen molar-refractivity contribution in [3.63, 3.8) is 0 Å². The lowest BCUT2D eigenvalue weighted by molar-refractivity contribution is 0.00694. The van der Waals surface area contributed by atoms with Crippen LogP contribution >= 0.6 is 0 Å². The summed E-state index contributed by atoms with van der Waals surface area (Å²) in [5.41, 5.74) is 1.49. The smallest absolute Gasteiger partial charge is 0.338 e. The van der Waals surface area contributed by atoms with E-state index in [0.29, 0.717) is 16.7 Å². The Morgan fingerprint density at radius 1 is 0.913 bits per heavy atom. The van der Waals surface area contributed by atoms with Gasteiger partial charge in [-0.2, -0.15) is 0 Å². The van der Waals surface area contributed by atoms with Crippen LogP contribution in [0.1, 0.15) is 48.4 Å². The maximum Gasteiger partial charge on any atom is 0.338 e. The number of esters is 1. The average molecular weight is 314 g/mol. The van der Waals surface area contributed by atoms with E-state index in [0.717, 1.165) is 5.56 Å². The Morgan fingerprint density at radius 2 is 1.52 bits per heavy atom. The molecule has 3 nitrogen and oxygen atoms in total. The Kier molecular flexibility index (Phi) is 4.64. The minimum atomic E-state index is -0.561. The lowest BCUT2D eigenvalue weighted by Gasteiger charge is -2.19. The quantitative estimate of drug-likeness (QED) is 0.612. The fraction of sp³-hybridized carbons (Fsp3) is 0.263. The minimum absolute atomic E-state index is 0.198. The second-order valence-electron chi connectivity index (χ2n) is 6.36. The van der Waals surface area contributed by atoms with E-state index >= 15 is 0 Å². The molecule has 0 aliphatic heterocycles. The van der Waals surface area contributed by atoms with Crippen LogP contribution in [-0.4, -0.2) is 17.4 Å². The van der Waals surface area contributed by atoms with Crippen LogP contribution in [0.4, 0.5) is 4.39 Å². The van der Waals surface area contributed by atoms with Crippen molar-refractivity contribution in [2.75, 3.05) is 0 Å². The zero-order valence-electron chi connectivity index (χ0n) is 13.6. The van der Waals surface area contributed by atoms with E-state index in [4.69, 9.17) is 4.74 Å². The van der Waals surface area contributed by atoms with Gasteiger partial charge in [0.15, 0.2) is 5.78 Å². The van der Waals surface area contributed by atoms with Gasteiger partial charge in [0.1, 0.15) is 11.4 Å². The summed E-state index contributed by atoms with van der Waals surface area (Å²) in [5, 5.41) is 0. The molecule has 23 heavy (non-hydrogen) atoms. The van der Waals surface area contributed by atoms with Crippen molar-refractivity contribution in [3.05, 3.63) is 59.4 Å². The summed E-state index contributed by atoms with van der Waals surface area (Å²) < 4.78 is 18.9. The molecular weight excluding hydrogens is 295 g/mol. The third-order valence-electron chi connectivity index (χ3n) is 3.16. The number of hydrogen-bond acceptors (Lipinski definition) is 3. The van der Waals surface area contributed by atoms with Gasteiger partial charge in [-0.25, -0.2) is 9.18 Å². The Balaban J connectivity index is 2.30. The van der Waals surface area contributed by atoms with Gasteiger partial charge in [-0.1, -0.05) is 12.1 Å². The molecule has 2 rings (SSSR count). The van der Waals surface area contributed by atoms with Crippen LogP contribution in [0.15, 0.2) is 42.5 Å². The average Bonchev–Trinajstić information content (AvgIpc) is 2.45. The molecule has 0 N–H and O–H groups in total. The van der Waals surface area contributed by atoms with Crippen LogP contribution in [0.5, 0.6) is 0 Å². The third kappa shape index (κ3) is 4.49. The highest BCUT2D eigenvalue weighted by molar-refractivity contribution is 5.95. The van der Waals surface area contributed by atoms with E-state index in [1.807, 2.05) is 0 Å². The molecule has 0 spiro atoms. The Labute approximate surface area is 135 Å². The molecule has 0 bridgehead atoms. The van der Waals surface area contributed by atoms with E-state index in [-0.39, 0.29) is 5.78 Å². The molecule has 0 aliphatic rings. The predicted octanol–water partition coefficient (Wildman–Crippen LogP) is 4.65. The molecule has 0 atom stereocenters. The molecule has 0 amide bonds. The first-order valence-corrected chi connectivity index (χ1v) is 7.31. The van der Waals surface area contributed by atoms with Gasteiger partial charge < -0.3 is 4.74 Å². The first kappa shape index (κ1) is 16.9. The van der Waals surface area contributed by atoms with Gasteiger partial charge in [-0.05, 0) is 69.2 Å². The molecule has 0 aromatic heterocycles. The Bertz CT molecular complexity index is 740. The highest BCUT2D eigenvalue weighted by atomic mass is 19.1.